The van der Waals surface area contributed by atoms with E-state index in [1.54, 1.807) is 29.7 Å². The average Bonchev–Trinajstić information content (AvgIpc) is 2.70. The van der Waals surface area contributed by atoms with E-state index in [2.05, 4.69) is 4.84 Å². The minimum Gasteiger partial charge on any atom is -0.493 e. The summed E-state index contributed by atoms with van der Waals surface area (Å²) < 4.78 is 10.9. The number of hydrogen-bond acceptors (Lipinski definition) is 7. The van der Waals surface area contributed by atoms with Crippen LogP contribution in [0.1, 0.15) is 6.42 Å². The normalized spacial score (nSPS) is 10.6. The van der Waals surface area contributed by atoms with Crippen molar-refractivity contribution >= 4 is 22.7 Å². The fourth-order valence-electron chi connectivity index (χ4n) is 2.58. The Labute approximate surface area is 163 Å². The van der Waals surface area contributed by atoms with E-state index >= 15 is 0 Å². The number of benzene rings is 2. The molecule has 0 spiro atoms. The second-order valence-electron chi connectivity index (χ2n) is 5.91. The summed E-state index contributed by atoms with van der Waals surface area (Å²) in [6.45, 7) is 0.422. The maximum Gasteiger partial charge on any atom is 0.428 e. The molecule has 1 amide bonds. The standard InChI is InChI=1S/C19H16N2O8/c22-18-16(12-2-5-14(6-3-12)21(25)26)10-13-4-7-15(11-17(13)29-18)27-8-1-9-28-20-19(23)24/h2-7,10-11,20H,1,8-9H2,(H,23,24). The van der Waals surface area contributed by atoms with Crippen LogP contribution in [0.3, 0.4) is 0 Å². The summed E-state index contributed by atoms with van der Waals surface area (Å²) in [5, 5.41) is 19.8. The predicted molar refractivity (Wildman–Crippen MR) is 102 cm³/mol. The Bertz CT molecular complexity index is 1090. The van der Waals surface area contributed by atoms with Crippen molar-refractivity contribution in [3.05, 3.63) is 69.1 Å². The Morgan fingerprint density at radius 3 is 2.59 bits per heavy atom. The van der Waals surface area contributed by atoms with E-state index in [-0.39, 0.29) is 18.9 Å². The number of fused-ring (bicyclic) bond motifs is 1. The van der Waals surface area contributed by atoms with Crippen LogP contribution in [0.25, 0.3) is 22.1 Å². The van der Waals surface area contributed by atoms with Crippen LogP contribution >= 0.6 is 0 Å². The monoisotopic (exact) mass is 400 g/mol. The quantitative estimate of drug-likeness (QED) is 0.254. The van der Waals surface area contributed by atoms with Gasteiger partial charge in [-0.2, -0.15) is 5.48 Å². The fourth-order valence-corrected chi connectivity index (χ4v) is 2.58. The molecule has 0 atom stereocenters. The zero-order valence-electron chi connectivity index (χ0n) is 15.0. The second kappa shape index (κ2) is 8.85. The summed E-state index contributed by atoms with van der Waals surface area (Å²) in [6.07, 6.45) is -0.829. The molecule has 1 heterocycles. The van der Waals surface area contributed by atoms with Crippen molar-refractivity contribution in [1.29, 1.82) is 0 Å². The van der Waals surface area contributed by atoms with Crippen LogP contribution in [0.4, 0.5) is 10.5 Å². The molecule has 0 aliphatic heterocycles. The van der Waals surface area contributed by atoms with Crippen LogP contribution in [0, 0.1) is 10.1 Å². The van der Waals surface area contributed by atoms with Gasteiger partial charge in [-0.05, 0) is 35.9 Å². The number of carbonyl (C=O) groups is 1. The highest BCUT2D eigenvalue weighted by Crippen LogP contribution is 2.25. The fraction of sp³-hybridized carbons (Fsp3) is 0.158. The van der Waals surface area contributed by atoms with E-state index in [1.807, 2.05) is 0 Å². The summed E-state index contributed by atoms with van der Waals surface area (Å²) in [4.78, 5) is 37.5. The van der Waals surface area contributed by atoms with Crippen LogP contribution < -0.4 is 15.8 Å². The molecule has 10 heteroatoms. The molecule has 0 aliphatic carbocycles. The van der Waals surface area contributed by atoms with Gasteiger partial charge < -0.3 is 14.3 Å². The van der Waals surface area contributed by atoms with Crippen LogP contribution in [0.5, 0.6) is 5.75 Å². The van der Waals surface area contributed by atoms with Gasteiger partial charge in [-0.15, -0.1) is 0 Å². The van der Waals surface area contributed by atoms with E-state index in [4.69, 9.17) is 14.3 Å². The Morgan fingerprint density at radius 2 is 1.90 bits per heavy atom. The maximum absolute atomic E-state index is 12.3. The Hall–Kier alpha value is -3.92. The lowest BCUT2D eigenvalue weighted by Crippen LogP contribution is -2.22. The highest BCUT2D eigenvalue weighted by atomic mass is 16.7. The van der Waals surface area contributed by atoms with Gasteiger partial charge in [-0.1, -0.05) is 0 Å². The molecule has 2 N–H and O–H groups in total. The van der Waals surface area contributed by atoms with E-state index in [0.29, 0.717) is 34.3 Å². The lowest BCUT2D eigenvalue weighted by Gasteiger charge is -2.08. The molecule has 0 saturated heterocycles. The van der Waals surface area contributed by atoms with Crippen LogP contribution in [0.2, 0.25) is 0 Å². The van der Waals surface area contributed by atoms with Crippen molar-refractivity contribution in [2.24, 2.45) is 0 Å². The molecule has 0 bridgehead atoms. The molecule has 0 radical (unpaired) electrons. The molecule has 3 aromatic rings. The number of nitro benzene ring substituents is 1. The first kappa shape index (κ1) is 19.8. The summed E-state index contributed by atoms with van der Waals surface area (Å²) in [6, 6.07) is 12.3. The van der Waals surface area contributed by atoms with Crippen molar-refractivity contribution < 1.29 is 28.8 Å². The smallest absolute Gasteiger partial charge is 0.428 e. The lowest BCUT2D eigenvalue weighted by molar-refractivity contribution is -0.384. The molecule has 29 heavy (non-hydrogen) atoms. The molecule has 0 fully saturated rings. The first-order chi connectivity index (χ1) is 13.9. The van der Waals surface area contributed by atoms with E-state index in [0.717, 1.165) is 0 Å². The van der Waals surface area contributed by atoms with Gasteiger partial charge in [0.2, 0.25) is 0 Å². The van der Waals surface area contributed by atoms with Gasteiger partial charge in [0, 0.05) is 30.0 Å². The third-order valence-electron chi connectivity index (χ3n) is 3.92. The van der Waals surface area contributed by atoms with Gasteiger partial charge in [0.25, 0.3) is 5.69 Å². The second-order valence-corrected chi connectivity index (χ2v) is 5.91. The van der Waals surface area contributed by atoms with E-state index in [9.17, 15) is 19.7 Å². The van der Waals surface area contributed by atoms with Gasteiger partial charge in [0.15, 0.2) is 0 Å². The van der Waals surface area contributed by atoms with Gasteiger partial charge in [0.05, 0.1) is 23.7 Å². The molecule has 10 nitrogen and oxygen atoms in total. The zero-order chi connectivity index (χ0) is 20.8. The number of nitrogens with one attached hydrogen (secondary N) is 1. The maximum atomic E-state index is 12.3. The number of amides is 1. The van der Waals surface area contributed by atoms with Crippen molar-refractivity contribution in [3.63, 3.8) is 0 Å². The lowest BCUT2D eigenvalue weighted by atomic mass is 10.1. The van der Waals surface area contributed by atoms with Gasteiger partial charge >= 0.3 is 11.7 Å². The van der Waals surface area contributed by atoms with Crippen LogP contribution in [-0.2, 0) is 4.84 Å². The summed E-state index contributed by atoms with van der Waals surface area (Å²) in [5.41, 5.74) is 2.29. The summed E-state index contributed by atoms with van der Waals surface area (Å²) in [7, 11) is 0. The van der Waals surface area contributed by atoms with Gasteiger partial charge in [-0.3, -0.25) is 15.0 Å². The number of nitro groups is 1. The largest absolute Gasteiger partial charge is 0.493 e. The molecular weight excluding hydrogens is 384 g/mol. The number of rotatable bonds is 8. The molecule has 150 valence electrons. The van der Waals surface area contributed by atoms with Crippen molar-refractivity contribution in [2.45, 2.75) is 6.42 Å². The topological polar surface area (TPSA) is 141 Å². The highest BCUT2D eigenvalue weighted by Gasteiger charge is 2.11. The number of carboxylic acid groups (broad SMARTS) is 1. The van der Waals surface area contributed by atoms with Gasteiger partial charge in [-0.25, -0.2) is 9.59 Å². The number of ether oxygens (including phenoxy) is 1. The Kier molecular flexibility index (Phi) is 6.05. The number of non-ortho nitro benzene ring substituents is 1. The molecule has 2 aromatic carbocycles. The SMILES string of the molecule is O=C(O)NOCCCOc1ccc2cc(-c3ccc([N+](=O)[O-])cc3)c(=O)oc2c1. The zero-order valence-corrected chi connectivity index (χ0v) is 15.0. The summed E-state index contributed by atoms with van der Waals surface area (Å²) in [5.74, 6) is 0.481. The van der Waals surface area contributed by atoms with Crippen LogP contribution in [-0.4, -0.2) is 29.3 Å². The van der Waals surface area contributed by atoms with Crippen molar-refractivity contribution in [1.82, 2.24) is 5.48 Å². The first-order valence-corrected chi connectivity index (χ1v) is 8.50. The third kappa shape index (κ3) is 5.08. The van der Waals surface area contributed by atoms with Crippen LogP contribution in [0.15, 0.2) is 57.7 Å². The minimum absolute atomic E-state index is 0.0649. The molecular formula is C19H16N2O8. The summed E-state index contributed by atoms with van der Waals surface area (Å²) >= 11 is 0. The number of hydroxylamine groups is 1. The number of nitrogens with zero attached hydrogens (tertiary/aromatic N) is 1. The predicted octanol–water partition coefficient (Wildman–Crippen LogP) is 3.34. The minimum atomic E-state index is -1.27. The van der Waals surface area contributed by atoms with E-state index < -0.39 is 16.6 Å². The van der Waals surface area contributed by atoms with Crippen molar-refractivity contribution in [2.75, 3.05) is 13.2 Å². The van der Waals surface area contributed by atoms with Gasteiger partial charge in [0.1, 0.15) is 11.3 Å². The molecule has 1 aromatic heterocycles. The molecule has 0 saturated carbocycles. The van der Waals surface area contributed by atoms with Crippen molar-refractivity contribution in [3.8, 4) is 16.9 Å². The number of hydrogen-bond donors (Lipinski definition) is 2. The van der Waals surface area contributed by atoms with E-state index in [1.165, 1.54) is 24.3 Å². The Balaban J connectivity index is 1.71. The highest BCUT2D eigenvalue weighted by molar-refractivity contribution is 5.82. The first-order valence-electron chi connectivity index (χ1n) is 8.50. The molecule has 0 unspecified atom stereocenters. The third-order valence-corrected chi connectivity index (χ3v) is 3.92. The Morgan fingerprint density at radius 1 is 1.14 bits per heavy atom. The molecule has 3 rings (SSSR count). The average molecular weight is 400 g/mol. The molecule has 0 aliphatic rings.